The van der Waals surface area contributed by atoms with Gasteiger partial charge in [0.15, 0.2) is 17.5 Å². The Labute approximate surface area is 579 Å². The summed E-state index contributed by atoms with van der Waals surface area (Å²) in [6.07, 6.45) is 17.2. The highest BCUT2D eigenvalue weighted by Crippen LogP contribution is 2.37. The molecule has 10 aromatic heterocycles. The van der Waals surface area contributed by atoms with Crippen LogP contribution in [-0.2, 0) is 0 Å². The van der Waals surface area contributed by atoms with E-state index < -0.39 is 0 Å². The Morgan fingerprint density at radius 1 is 0.459 bits per heavy atom. The van der Waals surface area contributed by atoms with E-state index in [4.69, 9.17) is 41.3 Å². The largest absolute Gasteiger partial charge is 0.457 e. The number of hydrogen-bond donors (Lipinski definition) is 9. The van der Waals surface area contributed by atoms with E-state index in [-0.39, 0.29) is 0 Å². The van der Waals surface area contributed by atoms with Crippen molar-refractivity contribution in [3.8, 4) is 11.5 Å². The third-order valence-corrected chi connectivity index (χ3v) is 20.6. The maximum Gasteiger partial charge on any atom is 0.229 e. The molecule has 18 rings (SSSR count). The maximum atomic E-state index is 5.93. The van der Waals surface area contributed by atoms with Crippen LogP contribution < -0.4 is 41.5 Å². The van der Waals surface area contributed by atoms with E-state index in [1.807, 2.05) is 114 Å². The molecule has 16 aromatic rings. The molecule has 2 atom stereocenters. The van der Waals surface area contributed by atoms with E-state index >= 15 is 0 Å². The highest BCUT2D eigenvalue weighted by atomic mass is 35.5. The lowest BCUT2D eigenvalue weighted by Crippen LogP contribution is -2.34. The number of benzene rings is 6. The first kappa shape index (κ1) is 61.7. The van der Waals surface area contributed by atoms with Crippen LogP contribution in [0, 0.1) is 5.92 Å². The van der Waals surface area contributed by atoms with Crippen LogP contribution in [-0.4, -0.2) is 84.2 Å². The summed E-state index contributed by atoms with van der Waals surface area (Å²) in [6, 6.07) is 53.0. The van der Waals surface area contributed by atoms with Gasteiger partial charge in [-0.15, -0.1) is 34.0 Å². The Hall–Kier alpha value is -11.2. The number of rotatable bonds is 16. The zero-order valence-electron chi connectivity index (χ0n) is 52.9. The SMILES string of the molecule is CC1CCCCC1Nc1nc(Nc2ccc3[nH]ncc3c2)c2sccc2n1.Clc1ccc(Oc2ccc(Nc3nc(Nc4ccc5[nH]ncc5c4)c4sccc4n3)cc2)cc1.c1ccn(C2CCN(c3ccc(Nc4nc(Nc5ccc6[nH]ncc6c5)c5sccc5n4)cc3)CC2)c1. The summed E-state index contributed by atoms with van der Waals surface area (Å²) >= 11 is 10.8. The van der Waals surface area contributed by atoms with Crippen LogP contribution in [0.25, 0.3) is 63.4 Å². The molecule has 2 aliphatic rings. The van der Waals surface area contributed by atoms with Crippen molar-refractivity contribution in [2.75, 3.05) is 49.9 Å². The van der Waals surface area contributed by atoms with Gasteiger partial charge in [0, 0.05) is 92.9 Å². The Morgan fingerprint density at radius 3 is 1.37 bits per heavy atom. The first-order chi connectivity index (χ1) is 48.2. The molecule has 1 saturated carbocycles. The monoisotopic (exact) mass is 1370 g/mol. The number of nitrogens with zero attached hydrogens (tertiary/aromatic N) is 11. The van der Waals surface area contributed by atoms with Crippen LogP contribution in [0.4, 0.5) is 69.4 Å². The molecule has 1 saturated heterocycles. The number of H-pyrrole nitrogens is 3. The predicted octanol–water partition coefficient (Wildman–Crippen LogP) is 19.5. The van der Waals surface area contributed by atoms with Gasteiger partial charge < -0.3 is 46.1 Å². The molecule has 11 heterocycles. The molecule has 0 radical (unpaired) electrons. The number of anilines is 12. The van der Waals surface area contributed by atoms with Gasteiger partial charge in [-0.05, 0) is 205 Å². The minimum absolute atomic E-state index is 0.449. The summed E-state index contributed by atoms with van der Waals surface area (Å²) in [5.74, 6) is 6.26. The molecule has 21 nitrogen and oxygen atoms in total. The van der Waals surface area contributed by atoms with Crippen molar-refractivity contribution in [2.45, 2.75) is 57.5 Å². The fourth-order valence-electron chi connectivity index (χ4n) is 12.5. The van der Waals surface area contributed by atoms with Crippen molar-refractivity contribution < 1.29 is 4.74 Å². The van der Waals surface area contributed by atoms with Gasteiger partial charge >= 0.3 is 0 Å². The van der Waals surface area contributed by atoms with Gasteiger partial charge in [-0.3, -0.25) is 15.3 Å². The second-order valence-electron chi connectivity index (χ2n) is 24.2. The van der Waals surface area contributed by atoms with Gasteiger partial charge in [0.05, 0.1) is 65.8 Å². The average molecular weight is 1370 g/mol. The van der Waals surface area contributed by atoms with Crippen LogP contribution in [0.15, 0.2) is 205 Å². The molecule has 1 aliphatic carbocycles. The third kappa shape index (κ3) is 14.1. The number of piperidine rings is 1. The van der Waals surface area contributed by atoms with Gasteiger partial charge in [0.2, 0.25) is 17.8 Å². The topological polar surface area (TPSA) is 253 Å². The maximum absolute atomic E-state index is 5.93. The van der Waals surface area contributed by atoms with Gasteiger partial charge in [0.1, 0.15) is 11.5 Å². The molecule has 6 aromatic carbocycles. The van der Waals surface area contributed by atoms with Crippen LogP contribution in [0.2, 0.25) is 5.02 Å². The number of nitrogens with one attached hydrogen (secondary N) is 9. The smallest absolute Gasteiger partial charge is 0.229 e. The normalized spacial score (nSPS) is 14.9. The van der Waals surface area contributed by atoms with Crippen molar-refractivity contribution in [1.82, 2.24) is 65.1 Å². The molecule has 2 fully saturated rings. The van der Waals surface area contributed by atoms with E-state index in [1.54, 1.807) is 52.3 Å². The first-order valence-electron chi connectivity index (χ1n) is 32.4. The average Bonchev–Trinajstić information content (AvgIpc) is 1.50. The van der Waals surface area contributed by atoms with Crippen LogP contribution >= 0.6 is 45.6 Å². The van der Waals surface area contributed by atoms with Crippen LogP contribution in [0.5, 0.6) is 11.5 Å². The van der Waals surface area contributed by atoms with Gasteiger partial charge in [0.25, 0.3) is 0 Å². The number of halogens is 1. The molecular formula is C73H65ClN20OS3. The van der Waals surface area contributed by atoms with E-state index in [0.717, 1.165) is 147 Å². The number of aromatic nitrogens is 13. The first-order valence-corrected chi connectivity index (χ1v) is 35.4. The summed E-state index contributed by atoms with van der Waals surface area (Å²) in [5, 5.41) is 51.8. The van der Waals surface area contributed by atoms with Crippen molar-refractivity contribution in [3.05, 3.63) is 210 Å². The summed E-state index contributed by atoms with van der Waals surface area (Å²) < 4.78 is 11.3. The zero-order chi connectivity index (χ0) is 65.7. The zero-order valence-corrected chi connectivity index (χ0v) is 56.2. The Balaban J connectivity index is 0.000000116. The molecule has 1 aliphatic heterocycles. The summed E-state index contributed by atoms with van der Waals surface area (Å²) in [7, 11) is 0. The fourth-order valence-corrected chi connectivity index (χ4v) is 14.9. The Bertz CT molecular complexity index is 5370. The molecule has 0 spiro atoms. The highest BCUT2D eigenvalue weighted by molar-refractivity contribution is 7.18. The predicted molar refractivity (Wildman–Crippen MR) is 401 cm³/mol. The second-order valence-corrected chi connectivity index (χ2v) is 27.4. The highest BCUT2D eigenvalue weighted by Gasteiger charge is 2.24. The van der Waals surface area contributed by atoms with Gasteiger partial charge in [-0.25, -0.2) is 15.0 Å². The lowest BCUT2D eigenvalue weighted by molar-refractivity contribution is 0.348. The number of fused-ring (bicyclic) bond motifs is 6. The molecule has 9 N–H and O–H groups in total. The van der Waals surface area contributed by atoms with E-state index in [1.165, 1.54) is 31.4 Å². The second kappa shape index (κ2) is 27.9. The van der Waals surface area contributed by atoms with Crippen LogP contribution in [0.3, 0.4) is 0 Å². The number of hydrogen-bond acceptors (Lipinski definition) is 20. The third-order valence-electron chi connectivity index (χ3n) is 17.6. The molecule has 0 amide bonds. The lowest BCUT2D eigenvalue weighted by atomic mass is 9.86. The minimum Gasteiger partial charge on any atom is -0.457 e. The fraction of sp³-hybridized carbons (Fsp3) is 0.164. The molecule has 488 valence electrons. The van der Waals surface area contributed by atoms with Crippen molar-refractivity contribution >= 4 is 178 Å². The molecular weight excluding hydrogens is 1300 g/mol. The summed E-state index contributed by atoms with van der Waals surface area (Å²) in [6.45, 7) is 4.44. The molecule has 0 bridgehead atoms. The molecule has 2 unspecified atom stereocenters. The molecule has 25 heteroatoms. The minimum atomic E-state index is 0.449. The summed E-state index contributed by atoms with van der Waals surface area (Å²) in [4.78, 5) is 31.0. The van der Waals surface area contributed by atoms with Crippen LogP contribution in [0.1, 0.15) is 51.5 Å². The number of thiophene rings is 3. The Kier molecular flexibility index (Phi) is 17.5. The summed E-state index contributed by atoms with van der Waals surface area (Å²) in [5.41, 5.74) is 11.7. The van der Waals surface area contributed by atoms with Crippen molar-refractivity contribution in [3.63, 3.8) is 0 Å². The van der Waals surface area contributed by atoms with E-state index in [9.17, 15) is 0 Å². The Morgan fingerprint density at radius 2 is 0.888 bits per heavy atom. The number of aromatic amines is 3. The van der Waals surface area contributed by atoms with Gasteiger partial charge in [-0.1, -0.05) is 31.4 Å². The number of ether oxygens (including phenoxy) is 1. The van der Waals surface area contributed by atoms with E-state index in [0.29, 0.717) is 40.9 Å². The quantitative estimate of drug-likeness (QED) is 0.0436. The van der Waals surface area contributed by atoms with Crippen molar-refractivity contribution in [1.29, 1.82) is 0 Å². The lowest BCUT2D eigenvalue weighted by Gasteiger charge is -2.34. The van der Waals surface area contributed by atoms with E-state index in [2.05, 4.69) is 156 Å². The molecule has 98 heavy (non-hydrogen) atoms. The van der Waals surface area contributed by atoms with Crippen molar-refractivity contribution in [2.24, 2.45) is 5.92 Å². The van der Waals surface area contributed by atoms with Gasteiger partial charge in [-0.2, -0.15) is 30.2 Å². The standard InChI is InChI=1S/C28H26N8S.C25H17ClN6OS.C20H22N6S/c1-2-13-35(12-1)23-9-14-36(15-10-23)22-6-3-20(4-7-22)31-28-32-25-11-16-37-26(25)27(33-28)30-21-5-8-24-19(17-21)18-29-34-24;26-16-1-6-19(7-2-16)33-20-8-3-17(4-9-20)29-25-30-22-11-12-34-23(22)24(31-25)28-18-5-10-21-15(13-18)14-27-32-21;1-12-4-2-3-5-15(12)23-20-24-17-8-9-27-18(17)19(25-20)22-14-6-7-16-13(10-14)11-21-26-16/h1-8,11-13,16-18,23H,9-10,14-15H2,(H,29,34)(H2,30,31,32,33);1-14H,(H,27,32)(H2,28,29,30,31);6-12,15H,2-5H2,1H3,(H,21,26)(H2,22,23,24,25).